The predicted molar refractivity (Wildman–Crippen MR) is 104 cm³/mol. The van der Waals surface area contributed by atoms with Crippen LogP contribution in [-0.4, -0.2) is 35.8 Å². The highest BCUT2D eigenvalue weighted by Gasteiger charge is 2.44. The SMILES string of the molecule is CCOC(=O)c1oc2ccccc2c1COC(=O)C[C@H]1C(=O)C[C@@H](C)[C@@H]1C[N+](=O)[O-]. The van der Waals surface area contributed by atoms with Gasteiger partial charge in [0.25, 0.3) is 0 Å². The molecule has 0 saturated heterocycles. The van der Waals surface area contributed by atoms with Gasteiger partial charge in [-0.25, -0.2) is 4.79 Å². The Morgan fingerprint density at radius 2 is 2.00 bits per heavy atom. The van der Waals surface area contributed by atoms with E-state index in [0.29, 0.717) is 16.5 Å². The lowest BCUT2D eigenvalue weighted by Gasteiger charge is -2.17. The standard InChI is InChI=1S/C21H23NO8/c1-3-28-21(25)20-16(13-6-4-5-7-18(13)30-20)11-29-19(24)9-14-15(10-22(26)27)12(2)8-17(14)23/h4-7,12,14-15H,3,8-11H2,1-2H3/t12-,14-,15+/m1/s1. The van der Waals surface area contributed by atoms with Gasteiger partial charge >= 0.3 is 11.9 Å². The van der Waals surface area contributed by atoms with Crippen LogP contribution >= 0.6 is 0 Å². The number of ether oxygens (including phenoxy) is 2. The van der Waals surface area contributed by atoms with E-state index in [9.17, 15) is 24.5 Å². The van der Waals surface area contributed by atoms with E-state index >= 15 is 0 Å². The van der Waals surface area contributed by atoms with Crippen LogP contribution in [0, 0.1) is 27.9 Å². The smallest absolute Gasteiger partial charge is 0.374 e. The zero-order valence-corrected chi connectivity index (χ0v) is 16.8. The molecule has 0 radical (unpaired) electrons. The second-order valence-electron chi connectivity index (χ2n) is 7.42. The molecule has 1 aliphatic rings. The highest BCUT2D eigenvalue weighted by Crippen LogP contribution is 2.37. The summed E-state index contributed by atoms with van der Waals surface area (Å²) >= 11 is 0. The predicted octanol–water partition coefficient (Wildman–Crippen LogP) is 3.16. The summed E-state index contributed by atoms with van der Waals surface area (Å²) < 4.78 is 15.9. The number of para-hydroxylation sites is 1. The Balaban J connectivity index is 1.73. The Hall–Kier alpha value is -3.23. The quantitative estimate of drug-likeness (QED) is 0.364. The van der Waals surface area contributed by atoms with E-state index in [4.69, 9.17) is 13.9 Å². The van der Waals surface area contributed by atoms with Crippen LogP contribution < -0.4 is 0 Å². The summed E-state index contributed by atoms with van der Waals surface area (Å²) in [5.41, 5.74) is 0.836. The minimum Gasteiger partial charge on any atom is -0.461 e. The third kappa shape index (κ3) is 4.50. The van der Waals surface area contributed by atoms with Crippen molar-refractivity contribution >= 4 is 28.7 Å². The maximum Gasteiger partial charge on any atom is 0.374 e. The van der Waals surface area contributed by atoms with E-state index in [2.05, 4.69) is 0 Å². The van der Waals surface area contributed by atoms with E-state index < -0.39 is 28.7 Å². The van der Waals surface area contributed by atoms with E-state index in [-0.39, 0.29) is 50.1 Å². The van der Waals surface area contributed by atoms with Crippen LogP contribution in [0.25, 0.3) is 11.0 Å². The summed E-state index contributed by atoms with van der Waals surface area (Å²) in [6.45, 7) is 3.02. The highest BCUT2D eigenvalue weighted by molar-refractivity contribution is 5.96. The number of furan rings is 1. The summed E-state index contributed by atoms with van der Waals surface area (Å²) in [6, 6.07) is 6.93. The molecule has 30 heavy (non-hydrogen) atoms. The van der Waals surface area contributed by atoms with Gasteiger partial charge in [-0.1, -0.05) is 25.1 Å². The summed E-state index contributed by atoms with van der Waals surface area (Å²) in [5.74, 6) is -2.90. The molecule has 0 spiro atoms. The molecule has 0 aliphatic heterocycles. The summed E-state index contributed by atoms with van der Waals surface area (Å²) in [6.07, 6.45) is -0.0119. The lowest BCUT2D eigenvalue weighted by molar-refractivity contribution is -0.490. The molecule has 160 valence electrons. The van der Waals surface area contributed by atoms with Gasteiger partial charge in [0.2, 0.25) is 12.3 Å². The number of esters is 2. The summed E-state index contributed by atoms with van der Waals surface area (Å²) in [5, 5.41) is 11.5. The molecule has 1 aromatic carbocycles. The fourth-order valence-electron chi connectivity index (χ4n) is 3.99. The third-order valence-electron chi connectivity index (χ3n) is 5.47. The Bertz CT molecular complexity index is 979. The van der Waals surface area contributed by atoms with Crippen molar-refractivity contribution in [2.45, 2.75) is 33.3 Å². The first-order chi connectivity index (χ1) is 14.3. The van der Waals surface area contributed by atoms with Crippen molar-refractivity contribution in [2.24, 2.45) is 17.8 Å². The van der Waals surface area contributed by atoms with Gasteiger partial charge in [0.05, 0.1) is 18.6 Å². The van der Waals surface area contributed by atoms with Gasteiger partial charge in [-0.05, 0) is 18.9 Å². The number of rotatable bonds is 8. The molecule has 0 unspecified atom stereocenters. The van der Waals surface area contributed by atoms with Crippen molar-refractivity contribution in [2.75, 3.05) is 13.2 Å². The zero-order valence-electron chi connectivity index (χ0n) is 16.8. The molecule has 9 heteroatoms. The van der Waals surface area contributed by atoms with Crippen molar-refractivity contribution < 1.29 is 33.2 Å². The number of fused-ring (bicyclic) bond motifs is 1. The number of Topliss-reactive ketones (excluding diaryl/α,β-unsaturated/α-hetero) is 1. The molecular weight excluding hydrogens is 394 g/mol. The molecule has 1 aromatic heterocycles. The third-order valence-corrected chi connectivity index (χ3v) is 5.47. The molecule has 0 N–H and O–H groups in total. The lowest BCUT2D eigenvalue weighted by atomic mass is 9.88. The molecule has 1 fully saturated rings. The first-order valence-corrected chi connectivity index (χ1v) is 9.79. The molecule has 0 amide bonds. The second-order valence-corrected chi connectivity index (χ2v) is 7.42. The minimum absolute atomic E-state index is 0.0392. The monoisotopic (exact) mass is 417 g/mol. The molecule has 3 atom stereocenters. The van der Waals surface area contributed by atoms with Crippen molar-refractivity contribution in [3.63, 3.8) is 0 Å². The van der Waals surface area contributed by atoms with Crippen molar-refractivity contribution in [3.05, 3.63) is 45.7 Å². The average Bonchev–Trinajstić information content (AvgIpc) is 3.18. The maximum absolute atomic E-state index is 12.4. The largest absolute Gasteiger partial charge is 0.461 e. The molecule has 3 rings (SSSR count). The average molecular weight is 417 g/mol. The second kappa shape index (κ2) is 9.06. The van der Waals surface area contributed by atoms with Crippen LogP contribution in [0.15, 0.2) is 28.7 Å². The highest BCUT2D eigenvalue weighted by atomic mass is 16.6. The molecule has 2 aromatic rings. The molecule has 1 heterocycles. The van der Waals surface area contributed by atoms with Crippen molar-refractivity contribution in [1.29, 1.82) is 0 Å². The Morgan fingerprint density at radius 1 is 1.27 bits per heavy atom. The number of hydrogen-bond acceptors (Lipinski definition) is 8. The number of benzene rings is 1. The summed E-state index contributed by atoms with van der Waals surface area (Å²) in [4.78, 5) is 47.3. The van der Waals surface area contributed by atoms with Crippen LogP contribution in [0.3, 0.4) is 0 Å². The normalized spacial score (nSPS) is 21.0. The van der Waals surface area contributed by atoms with Gasteiger partial charge < -0.3 is 13.9 Å². The van der Waals surface area contributed by atoms with Crippen LogP contribution in [0.5, 0.6) is 0 Å². The summed E-state index contributed by atoms with van der Waals surface area (Å²) in [7, 11) is 0. The fourth-order valence-corrected chi connectivity index (χ4v) is 3.99. The lowest BCUT2D eigenvalue weighted by Crippen LogP contribution is -2.27. The number of ketones is 1. The van der Waals surface area contributed by atoms with Gasteiger partial charge in [0.1, 0.15) is 18.0 Å². The number of hydrogen-bond donors (Lipinski definition) is 0. The number of carbonyl (C=O) groups excluding carboxylic acids is 3. The molecule has 9 nitrogen and oxygen atoms in total. The first kappa shape index (κ1) is 21.5. The minimum atomic E-state index is -0.733. The topological polar surface area (TPSA) is 126 Å². The molecule has 1 saturated carbocycles. The number of carbonyl (C=O) groups is 3. The van der Waals surface area contributed by atoms with Crippen LogP contribution in [0.2, 0.25) is 0 Å². The van der Waals surface area contributed by atoms with E-state index in [1.807, 2.05) is 0 Å². The van der Waals surface area contributed by atoms with Crippen LogP contribution in [0.4, 0.5) is 0 Å². The van der Waals surface area contributed by atoms with E-state index in [0.717, 1.165) is 0 Å². The molecular formula is C21H23NO8. The van der Waals surface area contributed by atoms with Crippen molar-refractivity contribution in [3.8, 4) is 0 Å². The van der Waals surface area contributed by atoms with Gasteiger partial charge in [0.15, 0.2) is 0 Å². The van der Waals surface area contributed by atoms with Crippen molar-refractivity contribution in [1.82, 2.24) is 0 Å². The maximum atomic E-state index is 12.4. The van der Waals surface area contributed by atoms with Gasteiger partial charge in [0, 0.05) is 28.6 Å². The molecule has 0 bridgehead atoms. The van der Waals surface area contributed by atoms with Crippen LogP contribution in [0.1, 0.15) is 42.8 Å². The van der Waals surface area contributed by atoms with E-state index in [1.54, 1.807) is 38.1 Å². The molecule has 1 aliphatic carbocycles. The zero-order chi connectivity index (χ0) is 21.8. The Kier molecular flexibility index (Phi) is 6.49. The fraction of sp³-hybridized carbons (Fsp3) is 0.476. The van der Waals surface area contributed by atoms with Gasteiger partial charge in [-0.3, -0.25) is 19.7 Å². The Labute approximate surface area is 172 Å². The van der Waals surface area contributed by atoms with Gasteiger partial charge in [-0.2, -0.15) is 0 Å². The number of nitrogens with zero attached hydrogens (tertiary/aromatic N) is 1. The van der Waals surface area contributed by atoms with Crippen LogP contribution in [-0.2, 0) is 25.7 Å². The van der Waals surface area contributed by atoms with E-state index in [1.165, 1.54) is 0 Å². The number of nitro groups is 1. The first-order valence-electron chi connectivity index (χ1n) is 9.79. The Morgan fingerprint density at radius 3 is 2.70 bits per heavy atom. The van der Waals surface area contributed by atoms with Gasteiger partial charge in [-0.15, -0.1) is 0 Å².